The van der Waals surface area contributed by atoms with Crippen LogP contribution in [0.25, 0.3) is 0 Å². The summed E-state index contributed by atoms with van der Waals surface area (Å²) in [6.45, 7) is 6.64. The topological polar surface area (TPSA) is 38.3 Å². The molecule has 17 heavy (non-hydrogen) atoms. The second kappa shape index (κ2) is 7.49. The minimum absolute atomic E-state index is 0.299. The van der Waals surface area contributed by atoms with Crippen molar-refractivity contribution < 1.29 is 9.53 Å². The molecule has 0 unspecified atom stereocenters. The van der Waals surface area contributed by atoms with Gasteiger partial charge in [-0.1, -0.05) is 43.8 Å². The van der Waals surface area contributed by atoms with Crippen LogP contribution in [0.2, 0.25) is 0 Å². The van der Waals surface area contributed by atoms with E-state index in [2.05, 4.69) is 11.9 Å². The molecule has 92 valence electrons. The van der Waals surface area contributed by atoms with Crippen molar-refractivity contribution in [2.45, 2.75) is 19.8 Å². The first-order chi connectivity index (χ1) is 8.22. The number of amides is 1. The van der Waals surface area contributed by atoms with Gasteiger partial charge in [0.1, 0.15) is 6.61 Å². The van der Waals surface area contributed by atoms with Crippen molar-refractivity contribution in [2.75, 3.05) is 13.2 Å². The van der Waals surface area contributed by atoms with Gasteiger partial charge in [-0.05, 0) is 24.0 Å². The van der Waals surface area contributed by atoms with E-state index in [0.717, 1.165) is 18.4 Å². The predicted octanol–water partition coefficient (Wildman–Crippen LogP) is 2.92. The lowest BCUT2D eigenvalue weighted by Gasteiger charge is -2.07. The Morgan fingerprint density at radius 2 is 2.06 bits per heavy atom. The highest BCUT2D eigenvalue weighted by molar-refractivity contribution is 5.67. The highest BCUT2D eigenvalue weighted by atomic mass is 16.5. The van der Waals surface area contributed by atoms with Crippen molar-refractivity contribution in [3.63, 3.8) is 0 Å². The zero-order valence-corrected chi connectivity index (χ0v) is 10.2. The molecule has 0 aliphatic heterocycles. The van der Waals surface area contributed by atoms with Gasteiger partial charge >= 0.3 is 6.09 Å². The summed E-state index contributed by atoms with van der Waals surface area (Å²) in [4.78, 5) is 11.3. The summed E-state index contributed by atoms with van der Waals surface area (Å²) in [7, 11) is 0. The van der Waals surface area contributed by atoms with E-state index in [9.17, 15) is 4.79 Å². The lowest BCUT2D eigenvalue weighted by atomic mass is 10.1. The summed E-state index contributed by atoms with van der Waals surface area (Å²) in [6.07, 6.45) is 1.26. The van der Waals surface area contributed by atoms with E-state index in [1.54, 1.807) is 0 Å². The number of ether oxygens (including phenoxy) is 1. The van der Waals surface area contributed by atoms with Crippen molar-refractivity contribution in [1.82, 2.24) is 5.32 Å². The van der Waals surface area contributed by atoms with Crippen LogP contribution >= 0.6 is 0 Å². The number of hydrogen-bond donors (Lipinski definition) is 1. The van der Waals surface area contributed by atoms with E-state index in [-0.39, 0.29) is 6.09 Å². The number of hydrogen-bond acceptors (Lipinski definition) is 2. The van der Waals surface area contributed by atoms with Crippen LogP contribution in [0.1, 0.15) is 18.9 Å². The smallest absolute Gasteiger partial charge is 0.407 e. The summed E-state index contributed by atoms with van der Waals surface area (Å²) < 4.78 is 4.98. The molecule has 1 N–H and O–H groups in total. The number of carbonyl (C=O) groups excluding carboxylic acids is 1. The molecule has 0 aliphatic carbocycles. The Labute approximate surface area is 102 Å². The fourth-order valence-electron chi connectivity index (χ4n) is 1.27. The minimum atomic E-state index is -0.379. The third-order valence-electron chi connectivity index (χ3n) is 2.43. The van der Waals surface area contributed by atoms with Gasteiger partial charge in [0, 0.05) is 6.54 Å². The molecule has 0 spiro atoms. The summed E-state index contributed by atoms with van der Waals surface area (Å²) >= 11 is 0. The molecule has 0 heterocycles. The van der Waals surface area contributed by atoms with E-state index in [1.165, 1.54) is 5.56 Å². The first-order valence-corrected chi connectivity index (χ1v) is 5.83. The highest BCUT2D eigenvalue weighted by Gasteiger charge is 2.01. The first-order valence-electron chi connectivity index (χ1n) is 5.83. The summed E-state index contributed by atoms with van der Waals surface area (Å²) in [5.74, 6) is 0. The van der Waals surface area contributed by atoms with Crippen LogP contribution in [0.3, 0.4) is 0 Å². The Morgan fingerprint density at radius 1 is 1.35 bits per heavy atom. The van der Waals surface area contributed by atoms with Gasteiger partial charge in [-0.2, -0.15) is 0 Å². The maximum Gasteiger partial charge on any atom is 0.407 e. The van der Waals surface area contributed by atoms with Crippen LogP contribution < -0.4 is 5.32 Å². The average Bonchev–Trinajstić information content (AvgIpc) is 2.37. The Kier molecular flexibility index (Phi) is 5.86. The molecule has 0 saturated carbocycles. The van der Waals surface area contributed by atoms with E-state index in [1.807, 2.05) is 37.3 Å². The fourth-order valence-corrected chi connectivity index (χ4v) is 1.27. The molecule has 0 radical (unpaired) electrons. The predicted molar refractivity (Wildman–Crippen MR) is 68.9 cm³/mol. The molecular weight excluding hydrogens is 214 g/mol. The van der Waals surface area contributed by atoms with Crippen molar-refractivity contribution in [1.29, 1.82) is 0 Å². The summed E-state index contributed by atoms with van der Waals surface area (Å²) in [6, 6.07) is 10.0. The van der Waals surface area contributed by atoms with Crippen LogP contribution in [0.15, 0.2) is 42.5 Å². The van der Waals surface area contributed by atoms with E-state index in [0.29, 0.717) is 13.2 Å². The van der Waals surface area contributed by atoms with Gasteiger partial charge in [-0.15, -0.1) is 0 Å². The second-order valence-electron chi connectivity index (χ2n) is 3.84. The Morgan fingerprint density at radius 3 is 2.71 bits per heavy atom. The Bertz CT molecular complexity index is 360. The molecule has 0 aliphatic rings. The van der Waals surface area contributed by atoms with Crippen LogP contribution in [0.4, 0.5) is 4.79 Å². The van der Waals surface area contributed by atoms with Crippen molar-refractivity contribution >= 4 is 6.09 Å². The van der Waals surface area contributed by atoms with Gasteiger partial charge in [0.2, 0.25) is 0 Å². The van der Waals surface area contributed by atoms with Gasteiger partial charge in [0.05, 0.1) is 0 Å². The first kappa shape index (κ1) is 13.3. The van der Waals surface area contributed by atoms with Gasteiger partial charge in [0.25, 0.3) is 0 Å². The number of nitrogens with one attached hydrogen (secondary N) is 1. The van der Waals surface area contributed by atoms with Gasteiger partial charge in [-0.25, -0.2) is 4.79 Å². The van der Waals surface area contributed by atoms with E-state index >= 15 is 0 Å². The molecule has 1 aromatic carbocycles. The highest BCUT2D eigenvalue weighted by Crippen LogP contribution is 1.99. The van der Waals surface area contributed by atoms with E-state index < -0.39 is 0 Å². The van der Waals surface area contributed by atoms with Crippen molar-refractivity contribution in [3.8, 4) is 0 Å². The van der Waals surface area contributed by atoms with Gasteiger partial charge in [0.15, 0.2) is 0 Å². The number of alkyl carbamates (subject to hydrolysis) is 1. The maximum absolute atomic E-state index is 11.3. The molecule has 1 amide bonds. The minimum Gasteiger partial charge on any atom is -0.445 e. The molecule has 0 saturated heterocycles. The van der Waals surface area contributed by atoms with Crippen LogP contribution in [0, 0.1) is 0 Å². The average molecular weight is 233 g/mol. The van der Waals surface area contributed by atoms with Crippen molar-refractivity contribution in [2.24, 2.45) is 0 Å². The zero-order valence-electron chi connectivity index (χ0n) is 10.2. The molecule has 1 rings (SSSR count). The molecule has 1 aromatic rings. The van der Waals surface area contributed by atoms with Crippen LogP contribution in [-0.4, -0.2) is 19.2 Å². The standard InChI is InChI=1S/C14H19NO2/c1-3-12(2)11-17-14(16)15-10-9-13-7-5-4-6-8-13/h4-8H,2-3,9-11H2,1H3,(H,15,16). The molecule has 3 nitrogen and oxygen atoms in total. The Hall–Kier alpha value is -1.77. The quantitative estimate of drug-likeness (QED) is 0.767. The number of benzene rings is 1. The van der Waals surface area contributed by atoms with Crippen molar-refractivity contribution in [3.05, 3.63) is 48.0 Å². The zero-order chi connectivity index (χ0) is 12.5. The lowest BCUT2D eigenvalue weighted by molar-refractivity contribution is 0.155. The SMILES string of the molecule is C=C(CC)COC(=O)NCCc1ccccc1. The number of rotatable bonds is 6. The summed E-state index contributed by atoms with van der Waals surface area (Å²) in [5.41, 5.74) is 2.12. The lowest BCUT2D eigenvalue weighted by Crippen LogP contribution is -2.27. The normalized spacial score (nSPS) is 9.71. The molecule has 0 bridgehead atoms. The largest absolute Gasteiger partial charge is 0.445 e. The Balaban J connectivity index is 2.14. The molecule has 3 heteroatoms. The molecule has 0 aromatic heterocycles. The maximum atomic E-state index is 11.3. The van der Waals surface area contributed by atoms with Gasteiger partial charge < -0.3 is 10.1 Å². The fraction of sp³-hybridized carbons (Fsp3) is 0.357. The third kappa shape index (κ3) is 5.76. The van der Waals surface area contributed by atoms with Crippen LogP contribution in [-0.2, 0) is 11.2 Å². The summed E-state index contributed by atoms with van der Waals surface area (Å²) in [5, 5.41) is 2.71. The molecular formula is C14H19NO2. The van der Waals surface area contributed by atoms with E-state index in [4.69, 9.17) is 4.74 Å². The number of carbonyl (C=O) groups is 1. The molecule has 0 atom stereocenters. The second-order valence-corrected chi connectivity index (χ2v) is 3.84. The van der Waals surface area contributed by atoms with Gasteiger partial charge in [-0.3, -0.25) is 0 Å². The third-order valence-corrected chi connectivity index (χ3v) is 2.43. The van der Waals surface area contributed by atoms with Crippen LogP contribution in [0.5, 0.6) is 0 Å². The molecule has 0 fully saturated rings. The monoisotopic (exact) mass is 233 g/mol.